The molecule has 12 heteroatoms. The lowest BCUT2D eigenvalue weighted by molar-refractivity contribution is -0.153. The zero-order valence-electron chi connectivity index (χ0n) is 23.2. The molecule has 1 atom stereocenters. The molecule has 1 spiro atoms. The molecule has 0 radical (unpaired) electrons. The van der Waals surface area contributed by atoms with Crippen LogP contribution in [0.2, 0.25) is 0 Å². The number of benzene rings is 1. The molecule has 0 N–H and O–H groups in total. The van der Waals surface area contributed by atoms with Crippen LogP contribution in [0.4, 0.5) is 18.0 Å². The summed E-state index contributed by atoms with van der Waals surface area (Å²) in [4.78, 5) is 26.6. The number of aromatic nitrogens is 2. The number of carbonyl (C=O) groups excluding carboxylic acids is 1. The number of fused-ring (bicyclic) bond motifs is 1. The maximum absolute atomic E-state index is 13.2. The van der Waals surface area contributed by atoms with Crippen molar-refractivity contribution in [3.8, 4) is 5.75 Å². The number of piperidine rings is 1. The first-order valence-electron chi connectivity index (χ1n) is 13.7. The van der Waals surface area contributed by atoms with Crippen LogP contribution in [0.25, 0.3) is 10.9 Å². The molecule has 1 aliphatic carbocycles. The van der Waals surface area contributed by atoms with E-state index >= 15 is 0 Å². The second-order valence-electron chi connectivity index (χ2n) is 12.6. The fraction of sp³-hybridized carbons (Fsp3) is 0.679. The van der Waals surface area contributed by atoms with Crippen LogP contribution in [0.5, 0.6) is 5.75 Å². The van der Waals surface area contributed by atoms with Crippen molar-refractivity contribution in [1.29, 1.82) is 0 Å². The van der Waals surface area contributed by atoms with Gasteiger partial charge in [-0.25, -0.2) is 14.8 Å². The Morgan fingerprint density at radius 2 is 1.82 bits per heavy atom. The smallest absolute Gasteiger partial charge is 0.422 e. The zero-order chi connectivity index (χ0) is 29.0. The minimum absolute atomic E-state index is 0.00465. The number of likely N-dealkylation sites (tertiary alicyclic amines) is 2. The summed E-state index contributed by atoms with van der Waals surface area (Å²) in [6, 6.07) is 1.95. The van der Waals surface area contributed by atoms with Gasteiger partial charge in [-0.15, -0.1) is 0 Å². The van der Waals surface area contributed by atoms with Crippen LogP contribution < -0.4 is 4.74 Å². The number of ether oxygens (including phenoxy) is 2. The predicted molar refractivity (Wildman–Crippen MR) is 158 cm³/mol. The predicted octanol–water partition coefficient (Wildman–Crippen LogP) is 7.25. The summed E-state index contributed by atoms with van der Waals surface area (Å²) in [7, 11) is 2.09. The highest BCUT2D eigenvalue weighted by Gasteiger charge is 2.51. The second kappa shape index (κ2) is 11.0. The number of nitrogens with zero attached hydrogens (tertiary/aromatic N) is 4. The standard InChI is InChI=1S/C28H35BrF3IN4O3/c1-26(2,3)40-25(38)37-13-27(14-37)8-5-17(12-27)21-18-11-19(33)20(29)23(39-15-28(30,31)32)22(18)35-24(34-21)16-6-9-36(4)10-7-16/h11,16-17H,5-10,12-15H2,1-4H3. The summed E-state index contributed by atoms with van der Waals surface area (Å²) in [5.74, 6) is 1.05. The third-order valence-corrected chi connectivity index (χ3v) is 10.5. The first-order chi connectivity index (χ1) is 18.6. The third-order valence-electron chi connectivity index (χ3n) is 8.14. The maximum atomic E-state index is 13.2. The molecule has 2 aromatic rings. The molecule has 1 saturated carbocycles. The topological polar surface area (TPSA) is 67.8 Å². The summed E-state index contributed by atoms with van der Waals surface area (Å²) in [5.41, 5.74) is 0.777. The van der Waals surface area contributed by atoms with Crippen molar-refractivity contribution < 1.29 is 27.4 Å². The molecule has 7 nitrogen and oxygen atoms in total. The van der Waals surface area contributed by atoms with E-state index in [4.69, 9.17) is 19.4 Å². The molecule has 3 heterocycles. The lowest BCUT2D eigenvalue weighted by atomic mass is 9.77. The summed E-state index contributed by atoms with van der Waals surface area (Å²) < 4.78 is 51.8. The first-order valence-corrected chi connectivity index (χ1v) is 15.6. The van der Waals surface area contributed by atoms with Gasteiger partial charge < -0.3 is 19.3 Å². The van der Waals surface area contributed by atoms with Crippen molar-refractivity contribution >= 4 is 55.5 Å². The van der Waals surface area contributed by atoms with E-state index in [-0.39, 0.29) is 29.1 Å². The van der Waals surface area contributed by atoms with Crippen molar-refractivity contribution in [2.24, 2.45) is 5.41 Å². The SMILES string of the molecule is CN1CCC(c2nc(C3CCC4(C3)CN(C(=O)OC(C)(C)C)C4)c3cc(I)c(Br)c(OCC(F)(F)F)c3n2)CC1. The molecule has 0 bridgehead atoms. The molecule has 1 aromatic heterocycles. The van der Waals surface area contributed by atoms with E-state index in [0.717, 1.165) is 59.8 Å². The Morgan fingerprint density at radius 3 is 2.45 bits per heavy atom. The van der Waals surface area contributed by atoms with Gasteiger partial charge in [0.25, 0.3) is 0 Å². The number of rotatable bonds is 4. The van der Waals surface area contributed by atoms with E-state index in [0.29, 0.717) is 28.9 Å². The molecule has 5 rings (SSSR count). The molecule has 220 valence electrons. The van der Waals surface area contributed by atoms with Gasteiger partial charge in [-0.2, -0.15) is 13.2 Å². The number of hydrogen-bond acceptors (Lipinski definition) is 6. The Labute approximate surface area is 254 Å². The minimum Gasteiger partial charge on any atom is -0.481 e. The van der Waals surface area contributed by atoms with Crippen molar-refractivity contribution in [3.05, 3.63) is 25.6 Å². The van der Waals surface area contributed by atoms with Gasteiger partial charge in [-0.3, -0.25) is 0 Å². The molecule has 40 heavy (non-hydrogen) atoms. The van der Waals surface area contributed by atoms with Gasteiger partial charge in [-0.1, -0.05) is 0 Å². The molecule has 3 fully saturated rings. The molecule has 2 aliphatic heterocycles. The summed E-state index contributed by atoms with van der Waals surface area (Å²) >= 11 is 5.58. The van der Waals surface area contributed by atoms with Crippen molar-refractivity contribution in [1.82, 2.24) is 19.8 Å². The third kappa shape index (κ3) is 6.48. The Morgan fingerprint density at radius 1 is 1.15 bits per heavy atom. The van der Waals surface area contributed by atoms with Crippen LogP contribution in [0, 0.1) is 8.99 Å². The number of hydrogen-bond donors (Lipinski definition) is 0. The van der Waals surface area contributed by atoms with E-state index < -0.39 is 18.4 Å². The quantitative estimate of drug-likeness (QED) is 0.308. The molecule has 2 saturated heterocycles. The van der Waals surface area contributed by atoms with Crippen LogP contribution in [0.3, 0.4) is 0 Å². The van der Waals surface area contributed by atoms with Crippen LogP contribution in [-0.4, -0.2) is 77.5 Å². The van der Waals surface area contributed by atoms with Gasteiger partial charge in [0.05, 0.1) is 10.2 Å². The van der Waals surface area contributed by atoms with Crippen molar-refractivity contribution in [2.75, 3.05) is 39.8 Å². The molecular weight excluding hydrogens is 704 g/mol. The van der Waals surface area contributed by atoms with E-state index in [1.807, 2.05) is 26.8 Å². The van der Waals surface area contributed by atoms with E-state index in [1.165, 1.54) is 0 Å². The highest BCUT2D eigenvalue weighted by Crippen LogP contribution is 2.53. The fourth-order valence-electron chi connectivity index (χ4n) is 6.22. The van der Waals surface area contributed by atoms with Gasteiger partial charge in [0, 0.05) is 39.3 Å². The largest absolute Gasteiger partial charge is 0.481 e. The summed E-state index contributed by atoms with van der Waals surface area (Å²) in [6.45, 7) is 7.32. The van der Waals surface area contributed by atoms with Crippen LogP contribution in [-0.2, 0) is 4.74 Å². The Hall–Kier alpha value is -1.41. The van der Waals surface area contributed by atoms with E-state index in [9.17, 15) is 18.0 Å². The number of amides is 1. The molecule has 3 aliphatic rings. The molecule has 1 amide bonds. The molecular formula is C28H35BrF3IN4O3. The van der Waals surface area contributed by atoms with Crippen LogP contribution >= 0.6 is 38.5 Å². The maximum Gasteiger partial charge on any atom is 0.422 e. The highest BCUT2D eigenvalue weighted by molar-refractivity contribution is 14.1. The van der Waals surface area contributed by atoms with Crippen molar-refractivity contribution in [2.45, 2.75) is 76.5 Å². The van der Waals surface area contributed by atoms with Gasteiger partial charge >= 0.3 is 12.3 Å². The monoisotopic (exact) mass is 738 g/mol. The Kier molecular flexibility index (Phi) is 8.28. The van der Waals surface area contributed by atoms with E-state index in [2.05, 4.69) is 50.5 Å². The van der Waals surface area contributed by atoms with Crippen LogP contribution in [0.1, 0.15) is 76.2 Å². The number of alkyl halides is 3. The molecule has 1 unspecified atom stereocenters. The lowest BCUT2D eigenvalue weighted by Crippen LogP contribution is -2.58. The Bertz CT molecular complexity index is 1290. The lowest BCUT2D eigenvalue weighted by Gasteiger charge is -2.48. The van der Waals surface area contributed by atoms with Gasteiger partial charge in [-0.05, 0) is 118 Å². The average Bonchev–Trinajstić information content (AvgIpc) is 3.28. The fourth-order valence-corrected chi connectivity index (χ4v) is 7.19. The second-order valence-corrected chi connectivity index (χ2v) is 14.6. The molecule has 1 aromatic carbocycles. The zero-order valence-corrected chi connectivity index (χ0v) is 27.0. The number of halogens is 5. The van der Waals surface area contributed by atoms with Gasteiger partial charge in [0.15, 0.2) is 12.4 Å². The number of carbonyl (C=O) groups is 1. The van der Waals surface area contributed by atoms with E-state index in [1.54, 1.807) is 4.90 Å². The summed E-state index contributed by atoms with van der Waals surface area (Å²) in [5, 5.41) is 0.742. The van der Waals surface area contributed by atoms with Crippen LogP contribution in [0.15, 0.2) is 10.5 Å². The minimum atomic E-state index is -4.47. The summed E-state index contributed by atoms with van der Waals surface area (Å²) in [6.07, 6.45) is -0.261. The highest BCUT2D eigenvalue weighted by atomic mass is 127. The average molecular weight is 739 g/mol. The van der Waals surface area contributed by atoms with Crippen molar-refractivity contribution in [3.63, 3.8) is 0 Å². The van der Waals surface area contributed by atoms with Gasteiger partial charge in [0.1, 0.15) is 16.9 Å². The first kappa shape index (κ1) is 30.1. The van der Waals surface area contributed by atoms with Gasteiger partial charge in [0.2, 0.25) is 0 Å². The Balaban J connectivity index is 1.49. The normalized spacial score (nSPS) is 22.1.